The highest BCUT2D eigenvalue weighted by molar-refractivity contribution is 7.79. The number of carbonyl (C=O) groups is 1. The molecule has 3 nitrogen and oxygen atoms in total. The van der Waals surface area contributed by atoms with Gasteiger partial charge in [-0.25, -0.2) is 4.21 Å². The van der Waals surface area contributed by atoms with Gasteiger partial charge in [0.15, 0.2) is 0 Å². The highest BCUT2D eigenvalue weighted by atomic mass is 32.2. The van der Waals surface area contributed by atoms with E-state index in [1.165, 1.54) is 6.26 Å². The molecule has 0 radical (unpaired) electrons. The van der Waals surface area contributed by atoms with Gasteiger partial charge in [-0.1, -0.05) is 0 Å². The van der Waals surface area contributed by atoms with Crippen molar-refractivity contribution >= 4 is 17.6 Å². The molecule has 0 aromatic rings. The average molecular weight is 108 g/mol. The maximum Gasteiger partial charge on any atom is 0.307 e. The lowest BCUT2D eigenvalue weighted by molar-refractivity contribution is -0.119. The summed E-state index contributed by atoms with van der Waals surface area (Å²) in [4.78, 5) is 9.20. The third kappa shape index (κ3) is 3.62. The largest absolute Gasteiger partial charge is 0.367 e. The predicted octanol–water partition coefficient (Wildman–Crippen LogP) is -0.547. The molecule has 0 aliphatic heterocycles. The van der Waals surface area contributed by atoms with Crippen molar-refractivity contribution < 1.29 is 13.2 Å². The molecule has 0 heterocycles. The van der Waals surface area contributed by atoms with Crippen molar-refractivity contribution in [3.05, 3.63) is 0 Å². The highest BCUT2D eigenvalue weighted by Gasteiger charge is 1.78. The Bertz CT molecular complexity index is 69.2. The Labute approximate surface area is 38.0 Å². The van der Waals surface area contributed by atoms with E-state index in [4.69, 9.17) is 0 Å². The molecule has 0 amide bonds. The maximum absolute atomic E-state index is 9.70. The minimum Gasteiger partial charge on any atom is -0.367 e. The molecule has 0 saturated carbocycles. The maximum atomic E-state index is 9.70. The van der Waals surface area contributed by atoms with Crippen molar-refractivity contribution in [2.75, 3.05) is 6.26 Å². The highest BCUT2D eigenvalue weighted by Crippen LogP contribution is 1.67. The Morgan fingerprint density at radius 3 is 2.33 bits per heavy atom. The van der Waals surface area contributed by atoms with Crippen LogP contribution in [0.4, 0.5) is 0 Å². The van der Waals surface area contributed by atoms with Crippen molar-refractivity contribution in [3.8, 4) is 0 Å². The number of carbonyl (C=O) groups excluding carboxylic acids is 1. The van der Waals surface area contributed by atoms with Crippen molar-refractivity contribution in [1.29, 1.82) is 0 Å². The van der Waals surface area contributed by atoms with E-state index in [-0.39, 0.29) is 6.47 Å². The average Bonchev–Trinajstić information content (AvgIpc) is 1.35. The summed E-state index contributed by atoms with van der Waals surface area (Å²) in [5, 5.41) is 0. The lowest BCUT2D eigenvalue weighted by Gasteiger charge is -1.80. The Morgan fingerprint density at radius 2 is 2.33 bits per heavy atom. The fourth-order valence-corrected chi connectivity index (χ4v) is 0.166. The second-order valence-electron chi connectivity index (χ2n) is 0.594. The summed E-state index contributed by atoms with van der Waals surface area (Å²) in [6.07, 6.45) is 1.27. The summed E-state index contributed by atoms with van der Waals surface area (Å²) in [7, 11) is 0. The number of hydrogen-bond donors (Lipinski definition) is 0. The summed E-state index contributed by atoms with van der Waals surface area (Å²) < 4.78 is 13.5. The smallest absolute Gasteiger partial charge is 0.307 e. The topological polar surface area (TPSA) is 43.4 Å². The Hall–Kier alpha value is -0.380. The van der Waals surface area contributed by atoms with Gasteiger partial charge in [-0.3, -0.25) is 4.79 Å². The molecule has 6 heavy (non-hydrogen) atoms. The van der Waals surface area contributed by atoms with Crippen LogP contribution in [0.2, 0.25) is 0 Å². The van der Waals surface area contributed by atoms with E-state index in [0.717, 1.165) is 0 Å². The van der Waals surface area contributed by atoms with E-state index < -0.39 is 11.1 Å². The van der Waals surface area contributed by atoms with Crippen LogP contribution in [0.5, 0.6) is 0 Å². The number of rotatable bonds is 2. The van der Waals surface area contributed by atoms with Crippen LogP contribution in [0, 0.1) is 0 Å². The zero-order valence-corrected chi connectivity index (χ0v) is 4.03. The molecule has 0 N–H and O–H groups in total. The van der Waals surface area contributed by atoms with Crippen molar-refractivity contribution in [1.82, 2.24) is 0 Å². The van der Waals surface area contributed by atoms with Crippen LogP contribution in [-0.2, 0) is 20.1 Å². The molecule has 0 aliphatic rings. The second-order valence-corrected chi connectivity index (χ2v) is 1.59. The Balaban J connectivity index is 3.05. The van der Waals surface area contributed by atoms with Crippen molar-refractivity contribution in [3.63, 3.8) is 0 Å². The quantitative estimate of drug-likeness (QED) is 0.446. The van der Waals surface area contributed by atoms with Crippen LogP contribution in [0.3, 0.4) is 0 Å². The van der Waals surface area contributed by atoms with Crippen molar-refractivity contribution in [2.24, 2.45) is 0 Å². The molecule has 36 valence electrons. The minimum absolute atomic E-state index is 0.149. The van der Waals surface area contributed by atoms with Gasteiger partial charge in [0.05, 0.1) is 0 Å². The van der Waals surface area contributed by atoms with Crippen LogP contribution in [0.15, 0.2) is 0 Å². The standard InChI is InChI=1S/C2H4O3S/c1-6(4)5-2-3/h2H,1H3. The molecule has 1 unspecified atom stereocenters. The Kier molecular flexibility index (Phi) is 2.66. The predicted molar refractivity (Wildman–Crippen MR) is 21.2 cm³/mol. The first-order valence-electron chi connectivity index (χ1n) is 1.21. The zero-order chi connectivity index (χ0) is 4.99. The third-order valence-electron chi connectivity index (χ3n) is 0.175. The Morgan fingerprint density at radius 1 is 1.83 bits per heavy atom. The third-order valence-corrected chi connectivity index (χ3v) is 0.524. The van der Waals surface area contributed by atoms with E-state index >= 15 is 0 Å². The van der Waals surface area contributed by atoms with E-state index in [9.17, 15) is 9.00 Å². The fraction of sp³-hybridized carbons (Fsp3) is 0.500. The summed E-state index contributed by atoms with van der Waals surface area (Å²) in [6.45, 7) is 0.149. The first-order chi connectivity index (χ1) is 2.77. The van der Waals surface area contributed by atoms with Crippen LogP contribution < -0.4 is 0 Å². The van der Waals surface area contributed by atoms with Crippen LogP contribution in [0.1, 0.15) is 0 Å². The van der Waals surface area contributed by atoms with Gasteiger partial charge in [0.25, 0.3) is 0 Å². The van der Waals surface area contributed by atoms with Crippen LogP contribution >= 0.6 is 0 Å². The second kappa shape index (κ2) is 2.84. The van der Waals surface area contributed by atoms with Gasteiger partial charge in [0, 0.05) is 6.26 Å². The van der Waals surface area contributed by atoms with Gasteiger partial charge in [-0.15, -0.1) is 0 Å². The van der Waals surface area contributed by atoms with Gasteiger partial charge >= 0.3 is 6.47 Å². The minimum atomic E-state index is -1.43. The molecule has 0 rings (SSSR count). The van der Waals surface area contributed by atoms with E-state index in [0.29, 0.717) is 0 Å². The molecule has 0 aromatic heterocycles. The molecule has 0 aromatic carbocycles. The summed E-state index contributed by atoms with van der Waals surface area (Å²) in [5.74, 6) is 0. The van der Waals surface area contributed by atoms with E-state index in [1.54, 1.807) is 0 Å². The molecule has 1 atom stereocenters. The molecule has 4 heteroatoms. The van der Waals surface area contributed by atoms with Gasteiger partial charge in [0.1, 0.15) is 0 Å². The van der Waals surface area contributed by atoms with Gasteiger partial charge in [-0.05, 0) is 0 Å². The van der Waals surface area contributed by atoms with Crippen LogP contribution in [0.25, 0.3) is 0 Å². The van der Waals surface area contributed by atoms with Crippen LogP contribution in [-0.4, -0.2) is 16.9 Å². The molecular formula is C2H4O3S. The summed E-state index contributed by atoms with van der Waals surface area (Å²) in [6, 6.07) is 0. The lowest BCUT2D eigenvalue weighted by atomic mass is 11.7. The first kappa shape index (κ1) is 5.62. The molecular weight excluding hydrogens is 104 g/mol. The fourth-order valence-electron chi connectivity index (χ4n) is 0.0553. The van der Waals surface area contributed by atoms with Gasteiger partial charge < -0.3 is 4.18 Å². The first-order valence-corrected chi connectivity index (χ1v) is 2.70. The molecule has 0 aliphatic carbocycles. The van der Waals surface area contributed by atoms with E-state index in [1.807, 2.05) is 0 Å². The molecule has 0 fully saturated rings. The SMILES string of the molecule is CS(=O)OC=O. The van der Waals surface area contributed by atoms with E-state index in [2.05, 4.69) is 4.18 Å². The molecule has 0 spiro atoms. The van der Waals surface area contributed by atoms with Crippen molar-refractivity contribution in [2.45, 2.75) is 0 Å². The number of hydrogen-bond acceptors (Lipinski definition) is 3. The van der Waals surface area contributed by atoms with Gasteiger partial charge in [-0.2, -0.15) is 0 Å². The lowest BCUT2D eigenvalue weighted by Crippen LogP contribution is -1.88. The summed E-state index contributed by atoms with van der Waals surface area (Å²) in [5.41, 5.74) is 0. The zero-order valence-electron chi connectivity index (χ0n) is 3.21. The normalized spacial score (nSPS) is 12.8. The van der Waals surface area contributed by atoms with Gasteiger partial charge in [0.2, 0.25) is 11.1 Å². The monoisotopic (exact) mass is 108 g/mol. The molecule has 0 bridgehead atoms. The molecule has 0 saturated heterocycles. The summed E-state index contributed by atoms with van der Waals surface area (Å²) >= 11 is -1.43.